The zero-order valence-corrected chi connectivity index (χ0v) is 22.1. The Kier molecular flexibility index (Phi) is 7.58. The molecule has 7 nitrogen and oxygen atoms in total. The van der Waals surface area contributed by atoms with Crippen molar-refractivity contribution in [2.45, 2.75) is 19.4 Å². The standard InChI is InChI=1S/C29H28F2N4O3S/c1-2-20-15-21(17-24(30)16-20)19-34-11-13-35(14-12-34)29(36)23-8-9-26(25(31)18-23)33-39(37,38)27-7-3-5-22-6-4-10-32-28(22)27/h2,4,6-10,15-18,33H,1,3,5,11-14,19H2. The Balaban J connectivity index is 1.22. The zero-order chi connectivity index (χ0) is 27.6. The first-order valence-corrected chi connectivity index (χ1v) is 14.1. The minimum atomic E-state index is -4.09. The van der Waals surface area contributed by atoms with E-state index in [9.17, 15) is 22.0 Å². The van der Waals surface area contributed by atoms with Crippen LogP contribution in [0.5, 0.6) is 0 Å². The van der Waals surface area contributed by atoms with Gasteiger partial charge in [0.1, 0.15) is 16.5 Å². The zero-order valence-electron chi connectivity index (χ0n) is 21.2. The number of fused-ring (bicyclic) bond motifs is 1. The van der Waals surface area contributed by atoms with Crippen LogP contribution < -0.4 is 4.72 Å². The van der Waals surface area contributed by atoms with E-state index in [1.165, 1.54) is 30.5 Å². The number of allylic oxidation sites excluding steroid dienone is 1. The van der Waals surface area contributed by atoms with Crippen molar-refractivity contribution in [1.82, 2.24) is 14.8 Å². The van der Waals surface area contributed by atoms with Crippen molar-refractivity contribution in [2.24, 2.45) is 0 Å². The number of sulfonamides is 1. The van der Waals surface area contributed by atoms with E-state index < -0.39 is 15.8 Å². The Morgan fingerprint density at radius 3 is 2.62 bits per heavy atom. The summed E-state index contributed by atoms with van der Waals surface area (Å²) in [6.45, 7) is 6.25. The molecule has 0 bridgehead atoms. The van der Waals surface area contributed by atoms with Gasteiger partial charge in [0.2, 0.25) is 0 Å². The maximum absolute atomic E-state index is 15.0. The molecule has 1 aliphatic carbocycles. The fourth-order valence-corrected chi connectivity index (χ4v) is 6.26. The lowest BCUT2D eigenvalue weighted by Crippen LogP contribution is -2.48. The van der Waals surface area contributed by atoms with E-state index in [4.69, 9.17) is 0 Å². The number of benzene rings is 2. The molecule has 2 aromatic carbocycles. The average Bonchev–Trinajstić information content (AvgIpc) is 2.93. The van der Waals surface area contributed by atoms with Gasteiger partial charge in [-0.2, -0.15) is 0 Å². The number of carbonyl (C=O) groups excluding carboxylic acids is 1. The van der Waals surface area contributed by atoms with Crippen molar-refractivity contribution in [1.29, 1.82) is 0 Å². The van der Waals surface area contributed by atoms with Crippen molar-refractivity contribution >= 4 is 32.6 Å². The summed E-state index contributed by atoms with van der Waals surface area (Å²) in [6, 6.07) is 12.1. The number of aryl methyl sites for hydroxylation is 1. The predicted molar refractivity (Wildman–Crippen MR) is 147 cm³/mol. The molecule has 5 rings (SSSR count). The molecule has 1 saturated heterocycles. The number of amides is 1. The highest BCUT2D eigenvalue weighted by molar-refractivity contribution is 8.01. The lowest BCUT2D eigenvalue weighted by atomic mass is 10.0. The van der Waals surface area contributed by atoms with Crippen LogP contribution in [0, 0.1) is 11.6 Å². The molecule has 10 heteroatoms. The summed E-state index contributed by atoms with van der Waals surface area (Å²) >= 11 is 0. The molecule has 0 spiro atoms. The molecule has 3 aromatic rings. The number of pyridine rings is 1. The SMILES string of the molecule is C=Cc1cc(F)cc(CN2CCN(C(=O)c3ccc(NS(=O)(=O)C4=CCCc5cccnc54)c(F)c3)CC2)c1. The van der Waals surface area contributed by atoms with Gasteiger partial charge in [0.15, 0.2) is 0 Å². The van der Waals surface area contributed by atoms with Crippen LogP contribution in [-0.2, 0) is 23.0 Å². The van der Waals surface area contributed by atoms with Gasteiger partial charge >= 0.3 is 0 Å². The molecule has 2 aliphatic rings. The number of nitrogens with one attached hydrogen (secondary N) is 1. The van der Waals surface area contributed by atoms with Crippen molar-refractivity contribution in [3.63, 3.8) is 0 Å². The van der Waals surface area contributed by atoms with E-state index in [1.807, 2.05) is 12.1 Å². The molecule has 1 fully saturated rings. The second kappa shape index (κ2) is 11.1. The molecular formula is C29H28F2N4O3S. The molecule has 0 radical (unpaired) electrons. The topological polar surface area (TPSA) is 82.6 Å². The first-order valence-electron chi connectivity index (χ1n) is 12.6. The first kappa shape index (κ1) is 26.7. The monoisotopic (exact) mass is 550 g/mol. The van der Waals surface area contributed by atoms with Crippen LogP contribution in [0.4, 0.5) is 14.5 Å². The lowest BCUT2D eigenvalue weighted by Gasteiger charge is -2.35. The lowest BCUT2D eigenvalue weighted by molar-refractivity contribution is 0.0628. The third-order valence-corrected chi connectivity index (χ3v) is 8.33. The number of halogens is 2. The fraction of sp³-hybridized carbons (Fsp3) is 0.241. The number of aromatic nitrogens is 1. The van der Waals surface area contributed by atoms with Gasteiger partial charge < -0.3 is 4.90 Å². The number of anilines is 1. The molecule has 2 heterocycles. The largest absolute Gasteiger partial charge is 0.336 e. The summed E-state index contributed by atoms with van der Waals surface area (Å²) < 4.78 is 57.3. The quantitative estimate of drug-likeness (QED) is 0.462. The second-order valence-corrected chi connectivity index (χ2v) is 11.2. The summed E-state index contributed by atoms with van der Waals surface area (Å²) in [5, 5.41) is 0. The number of rotatable bonds is 7. The van der Waals surface area contributed by atoms with Crippen LogP contribution in [0.3, 0.4) is 0 Å². The highest BCUT2D eigenvalue weighted by Crippen LogP contribution is 2.30. The van der Waals surface area contributed by atoms with Crippen molar-refractivity contribution in [3.8, 4) is 0 Å². The molecule has 1 N–H and O–H groups in total. The van der Waals surface area contributed by atoms with Gasteiger partial charge in [0.05, 0.1) is 11.4 Å². The van der Waals surface area contributed by atoms with Gasteiger partial charge in [-0.3, -0.25) is 19.4 Å². The van der Waals surface area contributed by atoms with Crippen LogP contribution in [-0.4, -0.2) is 55.3 Å². The second-order valence-electron chi connectivity index (χ2n) is 9.58. The first-order chi connectivity index (χ1) is 18.7. The van der Waals surface area contributed by atoms with Crippen LogP contribution in [0.25, 0.3) is 11.0 Å². The minimum Gasteiger partial charge on any atom is -0.336 e. The third-order valence-electron chi connectivity index (χ3n) is 6.90. The third kappa shape index (κ3) is 5.91. The van der Waals surface area contributed by atoms with E-state index >= 15 is 0 Å². The van der Waals surface area contributed by atoms with Gasteiger partial charge in [-0.05, 0) is 65.9 Å². The van der Waals surface area contributed by atoms with Gasteiger partial charge in [0.25, 0.3) is 15.9 Å². The highest BCUT2D eigenvalue weighted by Gasteiger charge is 2.27. The molecule has 0 atom stereocenters. The van der Waals surface area contributed by atoms with Crippen LogP contribution in [0.1, 0.15) is 39.2 Å². The van der Waals surface area contributed by atoms with E-state index in [-0.39, 0.29) is 27.9 Å². The van der Waals surface area contributed by atoms with Gasteiger partial charge in [-0.1, -0.05) is 30.9 Å². The van der Waals surface area contributed by atoms with Crippen molar-refractivity contribution < 1.29 is 22.0 Å². The fourth-order valence-electron chi connectivity index (χ4n) is 4.92. The number of nitrogens with zero attached hydrogens (tertiary/aromatic N) is 3. The average molecular weight is 551 g/mol. The minimum absolute atomic E-state index is 0.0146. The van der Waals surface area contributed by atoms with Crippen molar-refractivity contribution in [3.05, 3.63) is 107 Å². The van der Waals surface area contributed by atoms with Gasteiger partial charge in [-0.25, -0.2) is 17.2 Å². The Bertz CT molecular complexity index is 1560. The predicted octanol–water partition coefficient (Wildman–Crippen LogP) is 4.69. The molecular weight excluding hydrogens is 522 g/mol. The van der Waals surface area contributed by atoms with Gasteiger partial charge in [-0.15, -0.1) is 0 Å². The highest BCUT2D eigenvalue weighted by atomic mass is 32.2. The summed E-state index contributed by atoms with van der Waals surface area (Å²) in [4.78, 5) is 21.0. The number of hydrogen-bond donors (Lipinski definition) is 1. The molecule has 0 saturated carbocycles. The summed E-state index contributed by atoms with van der Waals surface area (Å²) in [5.74, 6) is -1.50. The molecule has 0 unspecified atom stereocenters. The van der Waals surface area contributed by atoms with E-state index in [1.54, 1.807) is 23.1 Å². The molecule has 1 aliphatic heterocycles. The number of carbonyl (C=O) groups is 1. The van der Waals surface area contributed by atoms with Crippen LogP contribution >= 0.6 is 0 Å². The Morgan fingerprint density at radius 2 is 1.87 bits per heavy atom. The molecule has 202 valence electrons. The summed E-state index contributed by atoms with van der Waals surface area (Å²) in [7, 11) is -4.09. The van der Waals surface area contributed by atoms with Crippen LogP contribution in [0.15, 0.2) is 67.4 Å². The smallest absolute Gasteiger partial charge is 0.263 e. The summed E-state index contributed by atoms with van der Waals surface area (Å²) in [5.41, 5.74) is 2.61. The molecule has 1 aromatic heterocycles. The summed E-state index contributed by atoms with van der Waals surface area (Å²) in [6.07, 6.45) is 5.93. The van der Waals surface area contributed by atoms with E-state index in [2.05, 4.69) is 21.2 Å². The Morgan fingerprint density at radius 1 is 1.08 bits per heavy atom. The van der Waals surface area contributed by atoms with Crippen LogP contribution in [0.2, 0.25) is 0 Å². The Hall–Kier alpha value is -3.89. The maximum Gasteiger partial charge on any atom is 0.263 e. The maximum atomic E-state index is 15.0. The van der Waals surface area contributed by atoms with E-state index in [0.717, 1.165) is 17.2 Å². The molecule has 1 amide bonds. The number of piperazine rings is 1. The Labute approximate surface area is 226 Å². The number of hydrogen-bond acceptors (Lipinski definition) is 5. The van der Waals surface area contributed by atoms with Crippen molar-refractivity contribution in [2.75, 3.05) is 30.9 Å². The molecule has 39 heavy (non-hydrogen) atoms. The van der Waals surface area contributed by atoms with E-state index in [0.29, 0.717) is 56.8 Å². The van der Waals surface area contributed by atoms with Gasteiger partial charge in [0, 0.05) is 44.5 Å². The normalized spacial score (nSPS) is 15.8.